The topological polar surface area (TPSA) is 96.9 Å². The fraction of sp³-hybridized carbons (Fsp3) is 0.750. The molecule has 76 valence electrons. The molecule has 0 fully saturated rings. The number of carbonyl (C=O) groups excluding carboxylic acids is 2. The van der Waals surface area contributed by atoms with Crippen LogP contribution in [0.5, 0.6) is 0 Å². The molecular formula is C8H14NO4-. The lowest BCUT2D eigenvalue weighted by molar-refractivity contribution is -0.707. The summed E-state index contributed by atoms with van der Waals surface area (Å²) in [4.78, 5) is 20.8. The predicted molar refractivity (Wildman–Crippen MR) is 40.1 cm³/mol. The molecule has 0 aliphatic heterocycles. The normalized spacial score (nSPS) is 14.9. The Bertz CT molecular complexity index is 193. The highest BCUT2D eigenvalue weighted by Crippen LogP contribution is 1.90. The van der Waals surface area contributed by atoms with Crippen LogP contribution in [-0.2, 0) is 9.59 Å². The van der Waals surface area contributed by atoms with Gasteiger partial charge < -0.3 is 25.1 Å². The molecule has 2 N–H and O–H groups in total. The molecule has 0 aromatic carbocycles. The zero-order valence-corrected chi connectivity index (χ0v) is 7.78. The highest BCUT2D eigenvalue weighted by atomic mass is 16.4. The van der Waals surface area contributed by atoms with Crippen LogP contribution in [0.4, 0.5) is 0 Å². The van der Waals surface area contributed by atoms with Gasteiger partial charge in [0.1, 0.15) is 12.1 Å². The second-order valence-corrected chi connectivity index (χ2v) is 3.01. The Balaban J connectivity index is 4.09. The van der Waals surface area contributed by atoms with Gasteiger partial charge in [0.15, 0.2) is 0 Å². The molecule has 0 aromatic heterocycles. The van der Waals surface area contributed by atoms with Gasteiger partial charge in [0.05, 0.1) is 11.9 Å². The van der Waals surface area contributed by atoms with E-state index >= 15 is 0 Å². The van der Waals surface area contributed by atoms with Crippen LogP contribution < -0.4 is 15.5 Å². The van der Waals surface area contributed by atoms with Crippen LogP contribution in [0.2, 0.25) is 0 Å². The van der Waals surface area contributed by atoms with Crippen molar-refractivity contribution in [3.8, 4) is 0 Å². The quantitative estimate of drug-likeness (QED) is 0.470. The molecule has 0 heterocycles. The number of hydrogen-bond donors (Lipinski definition) is 1. The minimum absolute atomic E-state index is 0.403. The van der Waals surface area contributed by atoms with Gasteiger partial charge in [-0.25, -0.2) is 0 Å². The van der Waals surface area contributed by atoms with E-state index in [-0.39, 0.29) is 0 Å². The Morgan fingerprint density at radius 2 is 1.85 bits per heavy atom. The van der Waals surface area contributed by atoms with Crippen molar-refractivity contribution in [2.75, 3.05) is 0 Å². The summed E-state index contributed by atoms with van der Waals surface area (Å²) >= 11 is 0. The molecule has 13 heavy (non-hydrogen) atoms. The zero-order chi connectivity index (χ0) is 10.4. The molecule has 0 aliphatic rings. The summed E-state index contributed by atoms with van der Waals surface area (Å²) in [6.07, 6.45) is 1.08. The summed E-state index contributed by atoms with van der Waals surface area (Å²) < 4.78 is 0. The Morgan fingerprint density at radius 3 is 2.15 bits per heavy atom. The summed E-state index contributed by atoms with van der Waals surface area (Å²) in [6.45, 7) is 3.22. The number of hydrogen-bond acceptors (Lipinski definition) is 4. The Labute approximate surface area is 76.8 Å². The number of rotatable bonds is 6. The number of carboxylic acids is 2. The molecule has 0 saturated heterocycles. The van der Waals surface area contributed by atoms with E-state index in [1.54, 1.807) is 0 Å². The van der Waals surface area contributed by atoms with Gasteiger partial charge in [0, 0.05) is 6.42 Å². The number of carbonyl (C=O) groups is 2. The maximum Gasteiger partial charge on any atom is 0.126 e. The van der Waals surface area contributed by atoms with Crippen molar-refractivity contribution < 1.29 is 25.1 Å². The highest BCUT2D eigenvalue weighted by Gasteiger charge is 2.16. The number of aliphatic carboxylic acids is 2. The first-order valence-electron chi connectivity index (χ1n) is 4.25. The lowest BCUT2D eigenvalue weighted by atomic mass is 10.1. The van der Waals surface area contributed by atoms with E-state index in [9.17, 15) is 19.8 Å². The predicted octanol–water partition coefficient (Wildman–Crippen LogP) is -3.39. The summed E-state index contributed by atoms with van der Waals surface area (Å²) in [6, 6.07) is -1.65. The second kappa shape index (κ2) is 5.53. The SMILES string of the molecule is CCC[C@H]([NH2+]C(C)C(=O)[O-])C(=O)[O-]. The van der Waals surface area contributed by atoms with Gasteiger partial charge >= 0.3 is 0 Å². The largest absolute Gasteiger partial charge is 0.544 e. The summed E-state index contributed by atoms with van der Waals surface area (Å²) in [5.74, 6) is -2.49. The Kier molecular flexibility index (Phi) is 5.06. The number of quaternary nitrogens is 1. The first-order chi connectivity index (χ1) is 5.99. The highest BCUT2D eigenvalue weighted by molar-refractivity contribution is 5.71. The van der Waals surface area contributed by atoms with Crippen LogP contribution in [0, 0.1) is 0 Å². The van der Waals surface area contributed by atoms with Crippen molar-refractivity contribution in [2.24, 2.45) is 0 Å². The van der Waals surface area contributed by atoms with Crippen LogP contribution in [0.1, 0.15) is 26.7 Å². The maximum absolute atomic E-state index is 10.5. The smallest absolute Gasteiger partial charge is 0.126 e. The van der Waals surface area contributed by atoms with Crippen molar-refractivity contribution >= 4 is 11.9 Å². The molecule has 0 amide bonds. The van der Waals surface area contributed by atoms with Gasteiger partial charge in [0.25, 0.3) is 0 Å². The minimum atomic E-state index is -1.26. The first kappa shape index (κ1) is 11.9. The fourth-order valence-electron chi connectivity index (χ4n) is 1.03. The Morgan fingerprint density at radius 1 is 1.31 bits per heavy atom. The van der Waals surface area contributed by atoms with Gasteiger partial charge in [-0.1, -0.05) is 13.3 Å². The van der Waals surface area contributed by atoms with Crippen molar-refractivity contribution in [3.63, 3.8) is 0 Å². The van der Waals surface area contributed by atoms with Crippen molar-refractivity contribution in [1.29, 1.82) is 0 Å². The monoisotopic (exact) mass is 188 g/mol. The van der Waals surface area contributed by atoms with E-state index in [4.69, 9.17) is 0 Å². The molecule has 5 nitrogen and oxygen atoms in total. The van der Waals surface area contributed by atoms with E-state index in [0.29, 0.717) is 12.8 Å². The van der Waals surface area contributed by atoms with E-state index in [2.05, 4.69) is 0 Å². The number of carboxylic acid groups (broad SMARTS) is 2. The summed E-state index contributed by atoms with van der Waals surface area (Å²) in [7, 11) is 0. The second-order valence-electron chi connectivity index (χ2n) is 3.01. The van der Waals surface area contributed by atoms with E-state index in [1.165, 1.54) is 12.2 Å². The lowest BCUT2D eigenvalue weighted by Gasteiger charge is -2.20. The van der Waals surface area contributed by atoms with E-state index in [0.717, 1.165) is 0 Å². The minimum Gasteiger partial charge on any atom is -0.544 e. The van der Waals surface area contributed by atoms with Crippen molar-refractivity contribution in [1.82, 2.24) is 0 Å². The third-order valence-corrected chi connectivity index (χ3v) is 1.80. The first-order valence-corrected chi connectivity index (χ1v) is 4.25. The van der Waals surface area contributed by atoms with Crippen LogP contribution in [0.15, 0.2) is 0 Å². The molecule has 0 bridgehead atoms. The van der Waals surface area contributed by atoms with Gasteiger partial charge in [0.2, 0.25) is 0 Å². The summed E-state index contributed by atoms with van der Waals surface area (Å²) in [5, 5.41) is 22.0. The van der Waals surface area contributed by atoms with Crippen LogP contribution in [0.3, 0.4) is 0 Å². The standard InChI is InChI=1S/C8H15NO4/c1-3-4-6(8(12)13)9-5(2)7(10)11/h5-6,9H,3-4H2,1-2H3,(H,10,11)(H,12,13)/p-1/t5?,6-/m0/s1. The van der Waals surface area contributed by atoms with Gasteiger partial charge in [-0.2, -0.15) is 0 Å². The number of nitrogens with two attached hydrogens (primary N) is 1. The Hall–Kier alpha value is -1.10. The molecule has 1 unspecified atom stereocenters. The molecule has 5 heteroatoms. The van der Waals surface area contributed by atoms with E-state index < -0.39 is 24.0 Å². The van der Waals surface area contributed by atoms with Crippen LogP contribution in [0.25, 0.3) is 0 Å². The zero-order valence-electron chi connectivity index (χ0n) is 7.78. The molecule has 0 aliphatic carbocycles. The average Bonchev–Trinajstić information content (AvgIpc) is 2.03. The molecule has 0 aromatic rings. The third-order valence-electron chi connectivity index (χ3n) is 1.80. The average molecular weight is 188 g/mol. The fourth-order valence-corrected chi connectivity index (χ4v) is 1.03. The van der Waals surface area contributed by atoms with Crippen LogP contribution in [-0.4, -0.2) is 24.0 Å². The maximum atomic E-state index is 10.5. The molecular weight excluding hydrogens is 174 g/mol. The van der Waals surface area contributed by atoms with Gasteiger partial charge in [-0.15, -0.1) is 0 Å². The van der Waals surface area contributed by atoms with E-state index in [1.807, 2.05) is 6.92 Å². The summed E-state index contributed by atoms with van der Waals surface area (Å²) in [5.41, 5.74) is 0. The van der Waals surface area contributed by atoms with Crippen LogP contribution >= 0.6 is 0 Å². The molecule has 0 spiro atoms. The van der Waals surface area contributed by atoms with Crippen molar-refractivity contribution in [3.05, 3.63) is 0 Å². The molecule has 2 atom stereocenters. The molecule has 0 radical (unpaired) electrons. The van der Waals surface area contributed by atoms with Gasteiger partial charge in [-0.05, 0) is 6.92 Å². The lowest BCUT2D eigenvalue weighted by Crippen LogP contribution is -2.99. The van der Waals surface area contributed by atoms with Crippen molar-refractivity contribution in [2.45, 2.75) is 38.8 Å². The third kappa shape index (κ3) is 4.47. The van der Waals surface area contributed by atoms with Gasteiger partial charge in [-0.3, -0.25) is 0 Å². The molecule has 0 rings (SSSR count). The molecule has 0 saturated carbocycles.